The zero-order valence-corrected chi connectivity index (χ0v) is 13.8. The summed E-state index contributed by atoms with van der Waals surface area (Å²) in [5.41, 5.74) is 0. The highest BCUT2D eigenvalue weighted by molar-refractivity contribution is 9.10. The molecule has 0 heterocycles. The van der Waals surface area contributed by atoms with Crippen molar-refractivity contribution in [3.63, 3.8) is 0 Å². The lowest BCUT2D eigenvalue weighted by Gasteiger charge is -2.10. The Bertz CT molecular complexity index is 532. The minimum absolute atomic E-state index is 0.137. The van der Waals surface area contributed by atoms with Crippen LogP contribution < -0.4 is 9.46 Å². The normalized spacial score (nSPS) is 11.3. The fourth-order valence-corrected chi connectivity index (χ4v) is 3.80. The summed E-state index contributed by atoms with van der Waals surface area (Å²) >= 11 is 4.87. The molecule has 1 aromatic carbocycles. The van der Waals surface area contributed by atoms with E-state index in [0.717, 1.165) is 5.75 Å². The van der Waals surface area contributed by atoms with Crippen molar-refractivity contribution in [1.29, 1.82) is 0 Å². The predicted octanol–water partition coefficient (Wildman–Crippen LogP) is 2.66. The van der Waals surface area contributed by atoms with Crippen molar-refractivity contribution >= 4 is 37.7 Å². The second kappa shape index (κ2) is 7.94. The van der Waals surface area contributed by atoms with Crippen LogP contribution >= 0.6 is 27.7 Å². The van der Waals surface area contributed by atoms with Crippen molar-refractivity contribution in [1.82, 2.24) is 4.72 Å². The average Bonchev–Trinajstić information content (AvgIpc) is 2.38. The molecule has 0 atom stereocenters. The summed E-state index contributed by atoms with van der Waals surface area (Å²) in [5.74, 6) is 1.83. The van der Waals surface area contributed by atoms with E-state index in [4.69, 9.17) is 4.74 Å². The molecule has 0 bridgehead atoms. The minimum atomic E-state index is -3.56. The lowest BCUT2D eigenvalue weighted by atomic mass is 10.3. The van der Waals surface area contributed by atoms with Crippen LogP contribution in [0.3, 0.4) is 0 Å². The quantitative estimate of drug-likeness (QED) is 0.568. The first-order chi connectivity index (χ1) is 9.01. The Morgan fingerprint density at radius 3 is 2.89 bits per heavy atom. The predicted molar refractivity (Wildman–Crippen MR) is 83.4 cm³/mol. The van der Waals surface area contributed by atoms with Gasteiger partial charge in [-0.1, -0.05) is 22.0 Å². The zero-order valence-electron chi connectivity index (χ0n) is 10.6. The molecule has 0 saturated carbocycles. The van der Waals surface area contributed by atoms with Gasteiger partial charge in [-0.2, -0.15) is 11.8 Å². The van der Waals surface area contributed by atoms with Gasteiger partial charge in [-0.05, 0) is 18.2 Å². The summed E-state index contributed by atoms with van der Waals surface area (Å²) < 4.78 is 32.6. The fraction of sp³-hybridized carbons (Fsp3) is 0.333. The van der Waals surface area contributed by atoms with E-state index in [1.54, 1.807) is 30.0 Å². The molecule has 0 aliphatic carbocycles. The third kappa shape index (κ3) is 5.18. The van der Waals surface area contributed by atoms with Crippen molar-refractivity contribution in [2.24, 2.45) is 0 Å². The molecule has 0 saturated heterocycles. The molecule has 1 rings (SSSR count). The maximum atomic E-state index is 12.2. The van der Waals surface area contributed by atoms with E-state index in [1.807, 2.05) is 0 Å². The van der Waals surface area contributed by atoms with Crippen LogP contribution in [0.1, 0.15) is 0 Å². The largest absolute Gasteiger partial charge is 0.495 e. The number of nitrogens with one attached hydrogen (secondary N) is 1. The SMILES string of the molecule is C=CCSCCNS(=O)(=O)c1cc(Br)ccc1OC. The number of hydrogen-bond acceptors (Lipinski definition) is 4. The number of hydrogen-bond donors (Lipinski definition) is 1. The van der Waals surface area contributed by atoms with Crippen LogP contribution in [-0.2, 0) is 10.0 Å². The molecule has 4 nitrogen and oxygen atoms in total. The first-order valence-corrected chi connectivity index (χ1v) is 8.96. The van der Waals surface area contributed by atoms with E-state index >= 15 is 0 Å². The highest BCUT2D eigenvalue weighted by Crippen LogP contribution is 2.26. The fourth-order valence-electron chi connectivity index (χ4n) is 1.35. The molecule has 0 unspecified atom stereocenters. The topological polar surface area (TPSA) is 55.4 Å². The van der Waals surface area contributed by atoms with E-state index in [2.05, 4.69) is 27.2 Å². The summed E-state index contributed by atoms with van der Waals surface area (Å²) in [5, 5.41) is 0. The van der Waals surface area contributed by atoms with Crippen LogP contribution in [-0.4, -0.2) is 33.6 Å². The third-order valence-electron chi connectivity index (χ3n) is 2.19. The number of sulfonamides is 1. The average molecular weight is 366 g/mol. The Hall–Kier alpha value is -0.500. The molecule has 0 spiro atoms. The molecule has 7 heteroatoms. The van der Waals surface area contributed by atoms with Crippen molar-refractivity contribution in [3.8, 4) is 5.75 Å². The zero-order chi connectivity index (χ0) is 14.3. The molecular formula is C12H16BrNO3S2. The van der Waals surface area contributed by atoms with Gasteiger partial charge in [0.2, 0.25) is 10.0 Å². The molecule has 0 fully saturated rings. The number of rotatable bonds is 8. The molecule has 0 aliphatic heterocycles. The van der Waals surface area contributed by atoms with E-state index in [9.17, 15) is 8.42 Å². The summed E-state index contributed by atoms with van der Waals surface area (Å²) in [4.78, 5) is 0.137. The lowest BCUT2D eigenvalue weighted by Crippen LogP contribution is -2.26. The number of thioether (sulfide) groups is 1. The standard InChI is InChI=1S/C12H16BrNO3S2/c1-3-7-18-8-6-14-19(15,16)12-9-10(13)4-5-11(12)17-2/h3-5,9,14H,1,6-8H2,2H3. The van der Waals surface area contributed by atoms with Gasteiger partial charge in [-0.3, -0.25) is 0 Å². The Labute approximate surface area is 126 Å². The number of halogens is 1. The molecule has 1 N–H and O–H groups in total. The van der Waals surface area contributed by atoms with Gasteiger partial charge in [0.1, 0.15) is 10.6 Å². The van der Waals surface area contributed by atoms with Crippen LogP contribution in [0, 0.1) is 0 Å². The van der Waals surface area contributed by atoms with Gasteiger partial charge in [0, 0.05) is 22.5 Å². The third-order valence-corrected chi connectivity index (χ3v) is 5.13. The van der Waals surface area contributed by atoms with Crippen LogP contribution in [0.2, 0.25) is 0 Å². The Balaban J connectivity index is 2.76. The molecule has 0 aromatic heterocycles. The van der Waals surface area contributed by atoms with Gasteiger partial charge in [-0.15, -0.1) is 6.58 Å². The van der Waals surface area contributed by atoms with E-state index in [-0.39, 0.29) is 4.90 Å². The lowest BCUT2D eigenvalue weighted by molar-refractivity contribution is 0.402. The minimum Gasteiger partial charge on any atom is -0.495 e. The van der Waals surface area contributed by atoms with Gasteiger partial charge >= 0.3 is 0 Å². The molecule has 0 radical (unpaired) electrons. The van der Waals surface area contributed by atoms with Crippen molar-refractivity contribution in [3.05, 3.63) is 35.3 Å². The van der Waals surface area contributed by atoms with Gasteiger partial charge in [0.15, 0.2) is 0 Å². The molecular weight excluding hydrogens is 350 g/mol. The summed E-state index contributed by atoms with van der Waals surface area (Å²) in [6.45, 7) is 3.98. The first kappa shape index (κ1) is 16.6. The van der Waals surface area contributed by atoms with E-state index < -0.39 is 10.0 Å². The Morgan fingerprint density at radius 1 is 1.53 bits per heavy atom. The van der Waals surface area contributed by atoms with Crippen molar-refractivity contribution in [2.75, 3.05) is 25.2 Å². The molecule has 0 aliphatic rings. The van der Waals surface area contributed by atoms with Gasteiger partial charge in [-0.25, -0.2) is 13.1 Å². The monoisotopic (exact) mass is 365 g/mol. The van der Waals surface area contributed by atoms with Crippen LogP contribution in [0.5, 0.6) is 5.75 Å². The maximum Gasteiger partial charge on any atom is 0.244 e. The highest BCUT2D eigenvalue weighted by Gasteiger charge is 2.19. The Morgan fingerprint density at radius 2 is 2.26 bits per heavy atom. The molecule has 1 aromatic rings. The molecule has 106 valence electrons. The smallest absolute Gasteiger partial charge is 0.244 e. The van der Waals surface area contributed by atoms with Gasteiger partial charge < -0.3 is 4.74 Å². The second-order valence-electron chi connectivity index (χ2n) is 3.56. The number of methoxy groups -OCH3 is 1. The maximum absolute atomic E-state index is 12.2. The first-order valence-electron chi connectivity index (χ1n) is 5.53. The van der Waals surface area contributed by atoms with Crippen LogP contribution in [0.4, 0.5) is 0 Å². The van der Waals surface area contributed by atoms with Crippen molar-refractivity contribution < 1.29 is 13.2 Å². The van der Waals surface area contributed by atoms with Crippen molar-refractivity contribution in [2.45, 2.75) is 4.90 Å². The number of ether oxygens (including phenoxy) is 1. The van der Waals surface area contributed by atoms with Crippen LogP contribution in [0.15, 0.2) is 40.2 Å². The van der Waals surface area contributed by atoms with Crippen LogP contribution in [0.25, 0.3) is 0 Å². The van der Waals surface area contributed by atoms with E-state index in [0.29, 0.717) is 22.5 Å². The summed E-state index contributed by atoms with van der Waals surface area (Å²) in [7, 11) is -2.11. The molecule has 19 heavy (non-hydrogen) atoms. The van der Waals surface area contributed by atoms with Gasteiger partial charge in [0.25, 0.3) is 0 Å². The number of benzene rings is 1. The second-order valence-corrected chi connectivity index (χ2v) is 7.36. The Kier molecular flexibility index (Phi) is 6.92. The summed E-state index contributed by atoms with van der Waals surface area (Å²) in [6, 6.07) is 4.88. The van der Waals surface area contributed by atoms with E-state index in [1.165, 1.54) is 13.2 Å². The molecule has 0 amide bonds. The highest BCUT2D eigenvalue weighted by atomic mass is 79.9. The summed E-state index contributed by atoms with van der Waals surface area (Å²) in [6.07, 6.45) is 1.79. The van der Waals surface area contributed by atoms with Gasteiger partial charge in [0.05, 0.1) is 7.11 Å².